The molecule has 0 N–H and O–H groups in total. The predicted octanol–water partition coefficient (Wildman–Crippen LogP) is 4.52. The minimum Gasteiger partial charge on any atom is -0.491 e. The summed E-state index contributed by atoms with van der Waals surface area (Å²) in [6.45, 7) is 5.07. The smallest absolute Gasteiger partial charge is 0.417 e. The van der Waals surface area contributed by atoms with E-state index in [0.29, 0.717) is 30.7 Å². The number of fused-ring (bicyclic) bond motifs is 1. The van der Waals surface area contributed by atoms with Crippen molar-refractivity contribution in [2.45, 2.75) is 45.3 Å². The molecule has 2 unspecified atom stereocenters. The topological polar surface area (TPSA) is 64.5 Å². The highest BCUT2D eigenvalue weighted by atomic mass is 19.4. The second-order valence-electron chi connectivity index (χ2n) is 8.44. The molecule has 0 aromatic carbocycles. The average Bonchev–Trinajstić information content (AvgIpc) is 3.53. The third-order valence-electron chi connectivity index (χ3n) is 5.93. The first kappa shape index (κ1) is 22.4. The van der Waals surface area contributed by atoms with Gasteiger partial charge in [0.1, 0.15) is 6.61 Å². The summed E-state index contributed by atoms with van der Waals surface area (Å²) < 4.78 is 49.7. The van der Waals surface area contributed by atoms with E-state index in [1.54, 1.807) is 11.0 Å². The van der Waals surface area contributed by atoms with E-state index in [0.717, 1.165) is 37.2 Å². The highest BCUT2D eigenvalue weighted by Crippen LogP contribution is 2.47. The normalized spacial score (nSPS) is 22.3. The lowest BCUT2D eigenvalue weighted by Crippen LogP contribution is -2.48. The molecule has 2 aliphatic rings. The van der Waals surface area contributed by atoms with Crippen molar-refractivity contribution in [3.8, 4) is 11.6 Å². The van der Waals surface area contributed by atoms with Crippen LogP contribution in [0.4, 0.5) is 13.2 Å². The van der Waals surface area contributed by atoms with Gasteiger partial charge >= 0.3 is 6.18 Å². The van der Waals surface area contributed by atoms with Crippen LogP contribution in [0, 0.1) is 18.8 Å². The predicted molar refractivity (Wildman–Crippen MR) is 111 cm³/mol. The first-order valence-electron chi connectivity index (χ1n) is 10.8. The molecule has 1 saturated carbocycles. The Balaban J connectivity index is 1.49. The van der Waals surface area contributed by atoms with E-state index in [2.05, 4.69) is 9.97 Å². The van der Waals surface area contributed by atoms with Gasteiger partial charge in [0, 0.05) is 24.5 Å². The summed E-state index contributed by atoms with van der Waals surface area (Å²) in [4.78, 5) is 23.5. The second-order valence-corrected chi connectivity index (χ2v) is 8.44. The third kappa shape index (κ3) is 4.97. The Morgan fingerprint density at radius 2 is 1.97 bits per heavy atom. The van der Waals surface area contributed by atoms with Gasteiger partial charge in [-0.2, -0.15) is 13.2 Å². The lowest BCUT2D eigenvalue weighted by atomic mass is 10.0. The molecule has 2 aromatic rings. The van der Waals surface area contributed by atoms with Crippen LogP contribution < -0.4 is 9.47 Å². The average molecular weight is 449 g/mol. The molecule has 2 aromatic heterocycles. The van der Waals surface area contributed by atoms with Crippen LogP contribution >= 0.6 is 0 Å². The van der Waals surface area contributed by atoms with Crippen molar-refractivity contribution in [1.82, 2.24) is 14.9 Å². The number of aromatic nitrogens is 2. The van der Waals surface area contributed by atoms with E-state index in [1.807, 2.05) is 19.9 Å². The van der Waals surface area contributed by atoms with Crippen molar-refractivity contribution in [2.75, 3.05) is 19.8 Å². The molecule has 0 radical (unpaired) electrons. The number of halogens is 3. The Kier molecular flexibility index (Phi) is 6.26. The summed E-state index contributed by atoms with van der Waals surface area (Å²) in [7, 11) is 0. The van der Waals surface area contributed by atoms with Crippen LogP contribution in [-0.4, -0.2) is 46.6 Å². The molecule has 6 nitrogen and oxygen atoms in total. The van der Waals surface area contributed by atoms with E-state index in [4.69, 9.17) is 9.47 Å². The molecule has 2 fully saturated rings. The van der Waals surface area contributed by atoms with E-state index in [1.165, 1.54) is 6.07 Å². The van der Waals surface area contributed by atoms with Crippen molar-refractivity contribution in [3.05, 3.63) is 47.4 Å². The number of likely N-dealkylation sites (tertiary alicyclic amines) is 1. The summed E-state index contributed by atoms with van der Waals surface area (Å²) in [6, 6.07) is 5.52. The van der Waals surface area contributed by atoms with E-state index in [9.17, 15) is 18.0 Å². The fourth-order valence-corrected chi connectivity index (χ4v) is 4.08. The Hall–Kier alpha value is -2.84. The van der Waals surface area contributed by atoms with Crippen LogP contribution in [-0.2, 0) is 6.18 Å². The van der Waals surface area contributed by atoms with Crippen LogP contribution in [0.15, 0.2) is 30.5 Å². The van der Waals surface area contributed by atoms with Crippen molar-refractivity contribution < 1.29 is 27.4 Å². The lowest BCUT2D eigenvalue weighted by molar-refractivity contribution is -0.137. The highest BCUT2D eigenvalue weighted by Gasteiger charge is 2.48. The maximum absolute atomic E-state index is 13.5. The molecule has 0 spiro atoms. The van der Waals surface area contributed by atoms with Crippen LogP contribution in [0.3, 0.4) is 0 Å². The summed E-state index contributed by atoms with van der Waals surface area (Å²) in [5.74, 6) is 1.38. The zero-order chi connectivity index (χ0) is 22.9. The second kappa shape index (κ2) is 8.96. The monoisotopic (exact) mass is 449 g/mol. The molecule has 0 bridgehead atoms. The van der Waals surface area contributed by atoms with Gasteiger partial charge in [-0.05, 0) is 56.2 Å². The summed E-state index contributed by atoms with van der Waals surface area (Å²) in [6.07, 6.45) is -1.03. The van der Waals surface area contributed by atoms with E-state index < -0.39 is 11.7 Å². The Morgan fingerprint density at radius 1 is 1.16 bits per heavy atom. The highest BCUT2D eigenvalue weighted by molar-refractivity contribution is 5.95. The molecule has 172 valence electrons. The Bertz CT molecular complexity index is 965. The molecule has 1 saturated heterocycles. The van der Waals surface area contributed by atoms with Gasteiger partial charge in [-0.15, -0.1) is 0 Å². The molecular formula is C23H26F3N3O3. The Morgan fingerprint density at radius 3 is 2.66 bits per heavy atom. The standard InChI is InChI=1S/C23H26F3N3O3/c1-3-8-31-19-6-4-14(2)28-21(19)22(30)29-12-16-9-15(16)10-18(29)13-32-20-7-5-17(11-27-20)23(24,25)26/h4-7,11,15-16,18H,3,8-10,12-13H2,1-2H3/t15?,16-,18?/m0/s1. The minimum absolute atomic E-state index is 0.101. The quantitative estimate of drug-likeness (QED) is 0.622. The molecule has 1 aliphatic heterocycles. The molecule has 9 heteroatoms. The summed E-state index contributed by atoms with van der Waals surface area (Å²) in [5.41, 5.74) is 0.181. The fourth-order valence-electron chi connectivity index (χ4n) is 4.08. The van der Waals surface area contributed by atoms with Gasteiger partial charge in [0.05, 0.1) is 18.2 Å². The first-order chi connectivity index (χ1) is 15.3. The first-order valence-corrected chi connectivity index (χ1v) is 10.8. The van der Waals surface area contributed by atoms with Crippen LogP contribution in [0.25, 0.3) is 0 Å². The number of alkyl halides is 3. The van der Waals surface area contributed by atoms with Gasteiger partial charge < -0.3 is 14.4 Å². The van der Waals surface area contributed by atoms with E-state index >= 15 is 0 Å². The zero-order valence-corrected chi connectivity index (χ0v) is 18.1. The molecule has 4 rings (SSSR count). The van der Waals surface area contributed by atoms with Crippen molar-refractivity contribution in [2.24, 2.45) is 11.8 Å². The summed E-state index contributed by atoms with van der Waals surface area (Å²) >= 11 is 0. The number of hydrogen-bond donors (Lipinski definition) is 0. The zero-order valence-electron chi connectivity index (χ0n) is 18.1. The van der Waals surface area contributed by atoms with Crippen molar-refractivity contribution >= 4 is 5.91 Å². The number of piperidine rings is 1. The fraction of sp³-hybridized carbons (Fsp3) is 0.522. The molecular weight excluding hydrogens is 423 g/mol. The number of ether oxygens (including phenoxy) is 2. The van der Waals surface area contributed by atoms with Crippen LogP contribution in [0.5, 0.6) is 11.6 Å². The molecule has 3 heterocycles. The number of rotatable bonds is 7. The van der Waals surface area contributed by atoms with Gasteiger partial charge in [-0.25, -0.2) is 9.97 Å². The van der Waals surface area contributed by atoms with Crippen molar-refractivity contribution in [3.63, 3.8) is 0 Å². The van der Waals surface area contributed by atoms with Gasteiger partial charge in [-0.1, -0.05) is 6.92 Å². The number of pyridine rings is 2. The van der Waals surface area contributed by atoms with Crippen molar-refractivity contribution in [1.29, 1.82) is 0 Å². The number of carbonyl (C=O) groups excluding carboxylic acids is 1. The number of hydrogen-bond acceptors (Lipinski definition) is 5. The van der Waals surface area contributed by atoms with Crippen LogP contribution in [0.1, 0.15) is 47.9 Å². The minimum atomic E-state index is -4.45. The van der Waals surface area contributed by atoms with Crippen LogP contribution in [0.2, 0.25) is 0 Å². The van der Waals surface area contributed by atoms with Gasteiger partial charge in [0.25, 0.3) is 5.91 Å². The molecule has 1 amide bonds. The molecule has 3 atom stereocenters. The number of aryl methyl sites for hydroxylation is 1. The number of amides is 1. The SMILES string of the molecule is CCCOc1ccc(C)nc1C(=O)N1C[C@@H]2CC2CC1COc1ccc(C(F)(F)F)cn1. The van der Waals surface area contributed by atoms with Gasteiger partial charge in [0.15, 0.2) is 11.4 Å². The number of carbonyl (C=O) groups is 1. The number of nitrogens with zero attached hydrogens (tertiary/aromatic N) is 3. The largest absolute Gasteiger partial charge is 0.491 e. The maximum atomic E-state index is 13.5. The Labute approximate surface area is 184 Å². The maximum Gasteiger partial charge on any atom is 0.417 e. The van der Waals surface area contributed by atoms with E-state index in [-0.39, 0.29) is 30.1 Å². The molecule has 32 heavy (non-hydrogen) atoms. The van der Waals surface area contributed by atoms with Gasteiger partial charge in [-0.3, -0.25) is 4.79 Å². The summed E-state index contributed by atoms with van der Waals surface area (Å²) in [5, 5.41) is 0. The molecule has 1 aliphatic carbocycles. The van der Waals surface area contributed by atoms with Gasteiger partial charge in [0.2, 0.25) is 5.88 Å². The third-order valence-corrected chi connectivity index (χ3v) is 5.93. The lowest BCUT2D eigenvalue weighted by Gasteiger charge is -2.35.